The predicted octanol–water partition coefficient (Wildman–Crippen LogP) is 2.60. The zero-order valence-electron chi connectivity index (χ0n) is 16.4. The SMILES string of the molecule is CS(=O)(=O)c1ccc(CN2CCCN(S(=O)(=O)/C=C/c3ccccc3)CC2)cc1. The Labute approximate surface area is 173 Å². The number of nitrogens with zero attached hydrogens (tertiary/aromatic N) is 2. The highest BCUT2D eigenvalue weighted by Crippen LogP contribution is 2.15. The first-order valence-electron chi connectivity index (χ1n) is 9.49. The fourth-order valence-electron chi connectivity index (χ4n) is 3.27. The molecule has 6 nitrogen and oxygen atoms in total. The van der Waals surface area contributed by atoms with E-state index < -0.39 is 19.9 Å². The Morgan fingerprint density at radius 3 is 2.21 bits per heavy atom. The summed E-state index contributed by atoms with van der Waals surface area (Å²) in [6.45, 7) is 3.01. The van der Waals surface area contributed by atoms with Gasteiger partial charge in [0.2, 0.25) is 10.0 Å². The maximum Gasteiger partial charge on any atom is 0.236 e. The minimum atomic E-state index is -3.46. The highest BCUT2D eigenvalue weighted by molar-refractivity contribution is 7.92. The van der Waals surface area contributed by atoms with Gasteiger partial charge in [0.1, 0.15) is 0 Å². The molecule has 29 heavy (non-hydrogen) atoms. The lowest BCUT2D eigenvalue weighted by molar-refractivity contribution is 0.279. The second-order valence-electron chi connectivity index (χ2n) is 7.20. The van der Waals surface area contributed by atoms with Crippen LogP contribution in [0.4, 0.5) is 0 Å². The molecule has 2 aromatic carbocycles. The molecule has 1 saturated heterocycles. The average molecular weight is 435 g/mol. The summed E-state index contributed by atoms with van der Waals surface area (Å²) in [5.74, 6) is 0. The third-order valence-corrected chi connectivity index (χ3v) is 7.59. The number of sulfone groups is 1. The monoisotopic (exact) mass is 434 g/mol. The fourth-order valence-corrected chi connectivity index (χ4v) is 5.13. The average Bonchev–Trinajstić information content (AvgIpc) is 2.93. The maximum atomic E-state index is 12.7. The van der Waals surface area contributed by atoms with Gasteiger partial charge in [-0.2, -0.15) is 4.31 Å². The Morgan fingerprint density at radius 2 is 1.55 bits per heavy atom. The Hall–Kier alpha value is -2.00. The second-order valence-corrected chi connectivity index (χ2v) is 11.0. The zero-order valence-corrected chi connectivity index (χ0v) is 18.1. The first-order chi connectivity index (χ1) is 13.7. The molecule has 2 aromatic rings. The maximum absolute atomic E-state index is 12.7. The summed E-state index contributed by atoms with van der Waals surface area (Å²) in [5.41, 5.74) is 1.86. The second kappa shape index (κ2) is 9.21. The smallest absolute Gasteiger partial charge is 0.236 e. The van der Waals surface area contributed by atoms with E-state index in [-0.39, 0.29) is 0 Å². The Bertz CT molecular complexity index is 1050. The van der Waals surface area contributed by atoms with E-state index in [1.54, 1.807) is 18.2 Å². The molecule has 0 N–H and O–H groups in total. The molecule has 1 fully saturated rings. The number of hydrogen-bond donors (Lipinski definition) is 0. The van der Waals surface area contributed by atoms with Gasteiger partial charge >= 0.3 is 0 Å². The first-order valence-corrected chi connectivity index (χ1v) is 12.9. The van der Waals surface area contributed by atoms with E-state index in [1.165, 1.54) is 16.0 Å². The molecule has 8 heteroatoms. The summed E-state index contributed by atoms with van der Waals surface area (Å²) in [4.78, 5) is 2.51. The number of benzene rings is 2. The summed E-state index contributed by atoms with van der Waals surface area (Å²) in [7, 11) is -6.66. The van der Waals surface area contributed by atoms with E-state index in [9.17, 15) is 16.8 Å². The van der Waals surface area contributed by atoms with Gasteiger partial charge in [0.25, 0.3) is 0 Å². The molecule has 0 unspecified atom stereocenters. The van der Waals surface area contributed by atoms with Crippen LogP contribution in [0.25, 0.3) is 6.08 Å². The van der Waals surface area contributed by atoms with E-state index in [0.29, 0.717) is 31.1 Å². The van der Waals surface area contributed by atoms with Crippen molar-refractivity contribution in [2.24, 2.45) is 0 Å². The van der Waals surface area contributed by atoms with Gasteiger partial charge in [0, 0.05) is 37.8 Å². The van der Waals surface area contributed by atoms with Gasteiger partial charge < -0.3 is 0 Å². The van der Waals surface area contributed by atoms with Crippen LogP contribution in [-0.4, -0.2) is 58.5 Å². The van der Waals surface area contributed by atoms with Crippen LogP contribution in [-0.2, 0) is 26.4 Å². The van der Waals surface area contributed by atoms with Gasteiger partial charge in [0.05, 0.1) is 4.90 Å². The molecule has 0 aliphatic carbocycles. The minimum Gasteiger partial charge on any atom is -0.298 e. The van der Waals surface area contributed by atoms with Gasteiger partial charge in [-0.3, -0.25) is 4.90 Å². The van der Waals surface area contributed by atoms with E-state index >= 15 is 0 Å². The third kappa shape index (κ3) is 6.24. The number of rotatable bonds is 6. The van der Waals surface area contributed by atoms with Gasteiger partial charge in [-0.15, -0.1) is 0 Å². The number of hydrogen-bond acceptors (Lipinski definition) is 5. The molecule has 1 heterocycles. The van der Waals surface area contributed by atoms with E-state index in [0.717, 1.165) is 24.1 Å². The zero-order chi connectivity index (χ0) is 20.9. The molecular formula is C21H26N2O4S2. The fraction of sp³-hybridized carbons (Fsp3) is 0.333. The summed E-state index contributed by atoms with van der Waals surface area (Å²) < 4.78 is 50.0. The van der Waals surface area contributed by atoms with Crippen LogP contribution >= 0.6 is 0 Å². The molecule has 0 atom stereocenters. The van der Waals surface area contributed by atoms with Crippen LogP contribution in [0.2, 0.25) is 0 Å². The summed E-state index contributed by atoms with van der Waals surface area (Å²) >= 11 is 0. The molecule has 3 rings (SSSR count). The van der Waals surface area contributed by atoms with Gasteiger partial charge in [-0.05, 0) is 42.3 Å². The molecular weight excluding hydrogens is 408 g/mol. The molecule has 1 aliphatic heterocycles. The van der Waals surface area contributed by atoms with E-state index in [1.807, 2.05) is 42.5 Å². The van der Waals surface area contributed by atoms with Crippen molar-refractivity contribution in [2.45, 2.75) is 17.9 Å². The van der Waals surface area contributed by atoms with Crippen LogP contribution in [0.15, 0.2) is 64.9 Å². The normalized spacial score (nSPS) is 17.4. The molecule has 0 saturated carbocycles. The first kappa shape index (κ1) is 21.7. The molecule has 156 valence electrons. The minimum absolute atomic E-state index is 0.305. The Morgan fingerprint density at radius 1 is 0.862 bits per heavy atom. The molecule has 0 spiro atoms. The van der Waals surface area contributed by atoms with Crippen LogP contribution in [0.1, 0.15) is 17.5 Å². The van der Waals surface area contributed by atoms with Crippen LogP contribution in [0, 0.1) is 0 Å². The predicted molar refractivity (Wildman–Crippen MR) is 115 cm³/mol. The van der Waals surface area contributed by atoms with Crippen LogP contribution < -0.4 is 0 Å². The van der Waals surface area contributed by atoms with Crippen LogP contribution in [0.5, 0.6) is 0 Å². The molecule has 0 bridgehead atoms. The third-order valence-electron chi connectivity index (χ3n) is 4.90. The topological polar surface area (TPSA) is 74.8 Å². The van der Waals surface area contributed by atoms with E-state index in [4.69, 9.17) is 0 Å². The van der Waals surface area contributed by atoms with Gasteiger partial charge in [0.15, 0.2) is 9.84 Å². The van der Waals surface area contributed by atoms with Crippen molar-refractivity contribution >= 4 is 25.9 Å². The largest absolute Gasteiger partial charge is 0.298 e. The van der Waals surface area contributed by atoms with E-state index in [2.05, 4.69) is 4.90 Å². The Kier molecular flexibility index (Phi) is 6.89. The van der Waals surface area contributed by atoms with Gasteiger partial charge in [-0.25, -0.2) is 16.8 Å². The lowest BCUT2D eigenvalue weighted by atomic mass is 10.2. The summed E-state index contributed by atoms with van der Waals surface area (Å²) in [6, 6.07) is 16.2. The molecule has 1 aliphatic rings. The summed E-state index contributed by atoms with van der Waals surface area (Å²) in [6.07, 6.45) is 3.57. The van der Waals surface area contributed by atoms with Crippen molar-refractivity contribution in [3.05, 3.63) is 71.1 Å². The van der Waals surface area contributed by atoms with Crippen molar-refractivity contribution in [3.63, 3.8) is 0 Å². The van der Waals surface area contributed by atoms with Gasteiger partial charge in [-0.1, -0.05) is 42.5 Å². The molecule has 0 amide bonds. The molecule has 0 aromatic heterocycles. The van der Waals surface area contributed by atoms with Crippen molar-refractivity contribution in [1.82, 2.24) is 9.21 Å². The molecule has 0 radical (unpaired) electrons. The lowest BCUT2D eigenvalue weighted by Gasteiger charge is -2.21. The summed E-state index contributed by atoms with van der Waals surface area (Å²) in [5, 5.41) is 1.28. The Balaban J connectivity index is 1.60. The quantitative estimate of drug-likeness (QED) is 0.699. The van der Waals surface area contributed by atoms with Crippen molar-refractivity contribution < 1.29 is 16.8 Å². The van der Waals surface area contributed by atoms with Crippen LogP contribution in [0.3, 0.4) is 0 Å². The number of sulfonamides is 1. The van der Waals surface area contributed by atoms with Crippen molar-refractivity contribution in [3.8, 4) is 0 Å². The highest BCUT2D eigenvalue weighted by Gasteiger charge is 2.23. The van der Waals surface area contributed by atoms with Crippen molar-refractivity contribution in [2.75, 3.05) is 32.4 Å². The highest BCUT2D eigenvalue weighted by atomic mass is 32.2. The van der Waals surface area contributed by atoms with Crippen molar-refractivity contribution in [1.29, 1.82) is 0 Å². The lowest BCUT2D eigenvalue weighted by Crippen LogP contribution is -2.33. The standard InChI is InChI=1S/C21H26N2O4S2/c1-28(24,25)21-10-8-20(9-11-21)18-22-13-5-14-23(16-15-22)29(26,27)17-12-19-6-3-2-4-7-19/h2-4,6-12,17H,5,13-16,18H2,1H3/b17-12+.